The van der Waals surface area contributed by atoms with Gasteiger partial charge in [0.05, 0.1) is 6.07 Å². The Morgan fingerprint density at radius 3 is 2.52 bits per heavy atom. The van der Waals surface area contributed by atoms with Crippen molar-refractivity contribution in [2.24, 2.45) is 0 Å². The van der Waals surface area contributed by atoms with Gasteiger partial charge in [-0.3, -0.25) is 10.2 Å². The number of piperazine rings is 1. The largest absolute Gasteiger partial charge is 0.338 e. The monoisotopic (exact) mass is 288 g/mol. The van der Waals surface area contributed by atoms with Crippen molar-refractivity contribution in [2.75, 3.05) is 44.2 Å². The van der Waals surface area contributed by atoms with E-state index in [0.717, 1.165) is 51.6 Å². The molecule has 1 saturated heterocycles. The van der Waals surface area contributed by atoms with Crippen molar-refractivity contribution in [2.45, 2.75) is 25.8 Å². The highest BCUT2D eigenvalue weighted by atomic mass is 15.3. The van der Waals surface area contributed by atoms with Crippen molar-refractivity contribution in [1.82, 2.24) is 20.2 Å². The van der Waals surface area contributed by atoms with E-state index in [-0.39, 0.29) is 0 Å². The first kappa shape index (κ1) is 15.7. The van der Waals surface area contributed by atoms with Gasteiger partial charge in [-0.1, -0.05) is 6.92 Å². The number of rotatable bonds is 6. The van der Waals surface area contributed by atoms with E-state index in [0.29, 0.717) is 0 Å². The van der Waals surface area contributed by atoms with Crippen LogP contribution in [0.25, 0.3) is 0 Å². The van der Waals surface area contributed by atoms with Crippen LogP contribution in [0.1, 0.15) is 20.3 Å². The van der Waals surface area contributed by atoms with Crippen LogP contribution in [0.2, 0.25) is 0 Å². The average Bonchev–Trinajstić information content (AvgIpc) is 2.55. The van der Waals surface area contributed by atoms with Gasteiger partial charge in [-0.2, -0.15) is 5.26 Å². The molecule has 21 heavy (non-hydrogen) atoms. The molecule has 6 heteroatoms. The molecule has 1 aromatic heterocycles. The van der Waals surface area contributed by atoms with Gasteiger partial charge in [-0.15, -0.1) is 0 Å². The normalized spacial score (nSPS) is 19.0. The number of nitriles is 1. The summed E-state index contributed by atoms with van der Waals surface area (Å²) in [7, 11) is 0. The van der Waals surface area contributed by atoms with Gasteiger partial charge in [0.2, 0.25) is 5.95 Å². The van der Waals surface area contributed by atoms with Crippen LogP contribution >= 0.6 is 0 Å². The third-order valence-electron chi connectivity index (χ3n) is 3.95. The standard InChI is InChI=1S/C15H24N6/c1-3-19-15(2,13-16)5-8-20-9-11-21(12-10-20)14-17-6-4-7-18-14/h4,6-7,19H,3,5,8-12H2,1-2H3. The van der Waals surface area contributed by atoms with Crippen LogP contribution in [-0.2, 0) is 0 Å². The summed E-state index contributed by atoms with van der Waals surface area (Å²) in [6, 6.07) is 4.22. The second-order valence-corrected chi connectivity index (χ2v) is 5.60. The molecule has 0 aliphatic carbocycles. The molecule has 1 aliphatic heterocycles. The molecule has 0 saturated carbocycles. The molecule has 1 fully saturated rings. The molecule has 1 atom stereocenters. The first-order valence-electron chi connectivity index (χ1n) is 7.57. The Balaban J connectivity index is 1.78. The summed E-state index contributed by atoms with van der Waals surface area (Å²) >= 11 is 0. The van der Waals surface area contributed by atoms with Crippen LogP contribution in [0.3, 0.4) is 0 Å². The zero-order chi connectivity index (χ0) is 15.1. The fourth-order valence-corrected chi connectivity index (χ4v) is 2.58. The summed E-state index contributed by atoms with van der Waals surface area (Å²) in [4.78, 5) is 13.2. The van der Waals surface area contributed by atoms with Crippen LogP contribution < -0.4 is 10.2 Å². The third-order valence-corrected chi connectivity index (χ3v) is 3.95. The highest BCUT2D eigenvalue weighted by molar-refractivity contribution is 5.29. The van der Waals surface area contributed by atoms with E-state index in [1.165, 1.54) is 0 Å². The van der Waals surface area contributed by atoms with Crippen LogP contribution in [0, 0.1) is 11.3 Å². The van der Waals surface area contributed by atoms with Crippen LogP contribution in [-0.4, -0.2) is 59.7 Å². The average molecular weight is 288 g/mol. The number of aromatic nitrogens is 2. The van der Waals surface area contributed by atoms with Crippen LogP contribution in [0.4, 0.5) is 5.95 Å². The summed E-state index contributed by atoms with van der Waals surface area (Å²) in [6.45, 7) is 9.64. The van der Waals surface area contributed by atoms with Crippen molar-refractivity contribution in [3.8, 4) is 6.07 Å². The van der Waals surface area contributed by atoms with E-state index < -0.39 is 5.54 Å². The van der Waals surface area contributed by atoms with Gasteiger partial charge < -0.3 is 4.90 Å². The molecule has 0 spiro atoms. The fraction of sp³-hybridized carbons (Fsp3) is 0.667. The highest BCUT2D eigenvalue weighted by Crippen LogP contribution is 2.13. The van der Waals surface area contributed by atoms with Gasteiger partial charge >= 0.3 is 0 Å². The maximum absolute atomic E-state index is 9.28. The predicted octanol–water partition coefficient (Wildman–Crippen LogP) is 0.880. The highest BCUT2D eigenvalue weighted by Gasteiger charge is 2.25. The number of nitrogens with zero attached hydrogens (tertiary/aromatic N) is 5. The number of anilines is 1. The molecular formula is C15H24N6. The zero-order valence-electron chi connectivity index (χ0n) is 12.9. The zero-order valence-corrected chi connectivity index (χ0v) is 12.9. The van der Waals surface area contributed by atoms with E-state index in [1.807, 2.05) is 19.9 Å². The number of hydrogen-bond acceptors (Lipinski definition) is 6. The molecular weight excluding hydrogens is 264 g/mol. The minimum absolute atomic E-state index is 0.422. The first-order valence-corrected chi connectivity index (χ1v) is 7.57. The lowest BCUT2D eigenvalue weighted by Gasteiger charge is -2.36. The Labute approximate surface area is 126 Å². The molecule has 114 valence electrons. The number of hydrogen-bond donors (Lipinski definition) is 1. The summed E-state index contributed by atoms with van der Waals surface area (Å²) in [5.74, 6) is 0.812. The van der Waals surface area contributed by atoms with E-state index in [9.17, 15) is 5.26 Å². The van der Waals surface area contributed by atoms with Gasteiger partial charge in [-0.25, -0.2) is 9.97 Å². The van der Waals surface area contributed by atoms with Gasteiger partial charge in [0.1, 0.15) is 5.54 Å². The first-order chi connectivity index (χ1) is 10.2. The molecule has 6 nitrogen and oxygen atoms in total. The Morgan fingerprint density at radius 1 is 1.29 bits per heavy atom. The molecule has 2 heterocycles. The smallest absolute Gasteiger partial charge is 0.225 e. The van der Waals surface area contributed by atoms with E-state index in [1.54, 1.807) is 12.4 Å². The molecule has 1 N–H and O–H groups in total. The number of nitrogens with one attached hydrogen (secondary N) is 1. The van der Waals surface area contributed by atoms with E-state index in [4.69, 9.17) is 0 Å². The molecule has 1 aliphatic rings. The van der Waals surface area contributed by atoms with Crippen molar-refractivity contribution in [1.29, 1.82) is 5.26 Å². The topological polar surface area (TPSA) is 68.1 Å². The molecule has 0 bridgehead atoms. The summed E-state index contributed by atoms with van der Waals surface area (Å²) in [5.41, 5.74) is -0.422. The van der Waals surface area contributed by atoms with Gasteiger partial charge in [0.15, 0.2) is 0 Å². The quantitative estimate of drug-likeness (QED) is 0.838. The minimum atomic E-state index is -0.422. The van der Waals surface area contributed by atoms with Gasteiger partial charge in [0, 0.05) is 45.1 Å². The lowest BCUT2D eigenvalue weighted by Crippen LogP contribution is -2.50. The van der Waals surface area contributed by atoms with E-state index in [2.05, 4.69) is 31.2 Å². The summed E-state index contributed by atoms with van der Waals surface area (Å²) < 4.78 is 0. The van der Waals surface area contributed by atoms with Crippen molar-refractivity contribution in [3.63, 3.8) is 0 Å². The van der Waals surface area contributed by atoms with Crippen molar-refractivity contribution in [3.05, 3.63) is 18.5 Å². The van der Waals surface area contributed by atoms with Crippen molar-refractivity contribution < 1.29 is 0 Å². The summed E-state index contributed by atoms with van der Waals surface area (Å²) in [6.07, 6.45) is 4.41. The van der Waals surface area contributed by atoms with Crippen LogP contribution in [0.5, 0.6) is 0 Å². The Kier molecular flexibility index (Phi) is 5.48. The fourth-order valence-electron chi connectivity index (χ4n) is 2.58. The van der Waals surface area contributed by atoms with E-state index >= 15 is 0 Å². The molecule has 0 radical (unpaired) electrons. The molecule has 1 aromatic rings. The SMILES string of the molecule is CCNC(C)(C#N)CCN1CCN(c2ncccn2)CC1. The second kappa shape index (κ2) is 7.34. The van der Waals surface area contributed by atoms with Gasteiger partial charge in [0.25, 0.3) is 0 Å². The molecule has 1 unspecified atom stereocenters. The Morgan fingerprint density at radius 2 is 1.95 bits per heavy atom. The lowest BCUT2D eigenvalue weighted by molar-refractivity contribution is 0.232. The van der Waals surface area contributed by atoms with Crippen molar-refractivity contribution >= 4 is 5.95 Å². The minimum Gasteiger partial charge on any atom is -0.338 e. The molecule has 2 rings (SSSR count). The third kappa shape index (κ3) is 4.38. The molecule has 0 amide bonds. The second-order valence-electron chi connectivity index (χ2n) is 5.60. The predicted molar refractivity (Wildman–Crippen MR) is 83.0 cm³/mol. The maximum Gasteiger partial charge on any atom is 0.225 e. The summed E-state index contributed by atoms with van der Waals surface area (Å²) in [5, 5.41) is 12.5. The Bertz CT molecular complexity index is 463. The molecule has 0 aromatic carbocycles. The Hall–Kier alpha value is -1.71. The van der Waals surface area contributed by atoms with Gasteiger partial charge in [-0.05, 0) is 26.0 Å². The lowest BCUT2D eigenvalue weighted by atomic mass is 9.99. The van der Waals surface area contributed by atoms with Crippen LogP contribution in [0.15, 0.2) is 18.5 Å². The maximum atomic E-state index is 9.28.